The van der Waals surface area contributed by atoms with Gasteiger partial charge in [-0.05, 0) is 54.4 Å². The molecule has 2 aromatic carbocycles. The summed E-state index contributed by atoms with van der Waals surface area (Å²) in [6, 6.07) is 11.9. The first-order valence-corrected chi connectivity index (χ1v) is 7.74. The molecule has 0 amide bonds. The third kappa shape index (κ3) is 4.87. The van der Waals surface area contributed by atoms with Crippen LogP contribution in [0.1, 0.15) is 40.4 Å². The van der Waals surface area contributed by atoms with E-state index in [2.05, 4.69) is 16.6 Å². The van der Waals surface area contributed by atoms with Crippen LogP contribution in [0.3, 0.4) is 0 Å². The molecule has 2 rings (SSSR count). The Morgan fingerprint density at radius 3 is 2.54 bits per heavy atom. The van der Waals surface area contributed by atoms with Crippen LogP contribution in [0.15, 0.2) is 42.5 Å². The zero-order chi connectivity index (χ0) is 17.4. The maximum absolute atomic E-state index is 11.4. The predicted molar refractivity (Wildman–Crippen MR) is 91.8 cm³/mol. The molecule has 0 atom stereocenters. The Morgan fingerprint density at radius 1 is 1.12 bits per heavy atom. The minimum absolute atomic E-state index is 0.193. The second-order valence-electron chi connectivity index (χ2n) is 5.21. The van der Waals surface area contributed by atoms with E-state index < -0.39 is 0 Å². The van der Waals surface area contributed by atoms with Crippen LogP contribution in [0.5, 0.6) is 5.75 Å². The van der Waals surface area contributed by atoms with Gasteiger partial charge in [0, 0.05) is 17.7 Å². The van der Waals surface area contributed by atoms with Crippen molar-refractivity contribution in [3.63, 3.8) is 0 Å². The topological polar surface area (TPSA) is 55.8 Å². The summed E-state index contributed by atoms with van der Waals surface area (Å²) >= 11 is 0. The molecule has 0 saturated heterocycles. The number of hydrogen-bond donors (Lipinski definition) is 1. The standard InChI is InChI=1S/C20H20O4/c1-3-12-24-14-18-13-19(21)11-10-16(18)7-4-15-5-8-17(9-6-15)20(22)23-2/h5-6,8-11,13,21H,3,12,14H2,1-2H3. The average molecular weight is 324 g/mol. The summed E-state index contributed by atoms with van der Waals surface area (Å²) < 4.78 is 10.2. The van der Waals surface area contributed by atoms with E-state index in [1.165, 1.54) is 7.11 Å². The Morgan fingerprint density at radius 2 is 1.88 bits per heavy atom. The van der Waals surface area contributed by atoms with Crippen LogP contribution in [-0.2, 0) is 16.1 Å². The van der Waals surface area contributed by atoms with E-state index in [9.17, 15) is 9.90 Å². The minimum atomic E-state index is -0.372. The molecule has 4 nitrogen and oxygen atoms in total. The number of phenolic OH excluding ortho intramolecular Hbond substituents is 1. The lowest BCUT2D eigenvalue weighted by Crippen LogP contribution is -2.00. The number of rotatable bonds is 5. The molecular formula is C20H20O4. The summed E-state index contributed by atoms with van der Waals surface area (Å²) in [5.74, 6) is 5.97. The van der Waals surface area contributed by atoms with E-state index >= 15 is 0 Å². The molecule has 0 unspecified atom stereocenters. The molecule has 0 saturated carbocycles. The highest BCUT2D eigenvalue weighted by molar-refractivity contribution is 5.89. The SMILES string of the molecule is CCCOCc1cc(O)ccc1C#Cc1ccc(C(=O)OC)cc1. The highest BCUT2D eigenvalue weighted by atomic mass is 16.5. The molecule has 124 valence electrons. The van der Waals surface area contributed by atoms with Gasteiger partial charge in [0.15, 0.2) is 0 Å². The van der Waals surface area contributed by atoms with Crippen LogP contribution in [0, 0.1) is 11.8 Å². The van der Waals surface area contributed by atoms with E-state index in [1.54, 1.807) is 42.5 Å². The van der Waals surface area contributed by atoms with Crippen molar-refractivity contribution in [2.75, 3.05) is 13.7 Å². The molecule has 0 aliphatic carbocycles. The second kappa shape index (κ2) is 8.76. The van der Waals surface area contributed by atoms with Gasteiger partial charge in [0.2, 0.25) is 0 Å². The van der Waals surface area contributed by atoms with Gasteiger partial charge in [0.25, 0.3) is 0 Å². The van der Waals surface area contributed by atoms with Crippen LogP contribution in [0.4, 0.5) is 0 Å². The van der Waals surface area contributed by atoms with E-state index in [4.69, 9.17) is 4.74 Å². The number of benzene rings is 2. The summed E-state index contributed by atoms with van der Waals surface area (Å²) in [6.07, 6.45) is 0.937. The summed E-state index contributed by atoms with van der Waals surface area (Å²) in [5.41, 5.74) is 2.93. The molecule has 0 heterocycles. The zero-order valence-corrected chi connectivity index (χ0v) is 13.8. The number of hydrogen-bond acceptors (Lipinski definition) is 4. The molecule has 24 heavy (non-hydrogen) atoms. The van der Waals surface area contributed by atoms with E-state index in [-0.39, 0.29) is 11.7 Å². The fourth-order valence-electron chi connectivity index (χ4n) is 2.09. The Kier molecular flexibility index (Phi) is 6.41. The molecule has 0 spiro atoms. The molecule has 0 aliphatic rings. The van der Waals surface area contributed by atoms with Crippen molar-refractivity contribution in [2.24, 2.45) is 0 Å². The summed E-state index contributed by atoms with van der Waals surface area (Å²) in [6.45, 7) is 3.12. The van der Waals surface area contributed by atoms with Crippen molar-refractivity contribution in [1.82, 2.24) is 0 Å². The number of aromatic hydroxyl groups is 1. The first-order valence-electron chi connectivity index (χ1n) is 7.74. The highest BCUT2D eigenvalue weighted by Crippen LogP contribution is 2.17. The van der Waals surface area contributed by atoms with E-state index in [0.29, 0.717) is 18.8 Å². The van der Waals surface area contributed by atoms with Gasteiger partial charge in [-0.1, -0.05) is 18.8 Å². The van der Waals surface area contributed by atoms with Gasteiger partial charge in [-0.3, -0.25) is 0 Å². The van der Waals surface area contributed by atoms with Crippen LogP contribution in [-0.4, -0.2) is 24.8 Å². The first-order chi connectivity index (χ1) is 11.6. The molecule has 0 radical (unpaired) electrons. The number of carbonyl (C=O) groups is 1. The number of ether oxygens (including phenoxy) is 2. The van der Waals surface area contributed by atoms with Crippen LogP contribution < -0.4 is 0 Å². The number of methoxy groups -OCH3 is 1. The van der Waals surface area contributed by atoms with Crippen molar-refractivity contribution in [2.45, 2.75) is 20.0 Å². The molecule has 4 heteroatoms. The number of carbonyl (C=O) groups excluding carboxylic acids is 1. The lowest BCUT2D eigenvalue weighted by atomic mass is 10.1. The summed E-state index contributed by atoms with van der Waals surface area (Å²) in [4.78, 5) is 11.4. The van der Waals surface area contributed by atoms with Gasteiger partial charge >= 0.3 is 5.97 Å². The van der Waals surface area contributed by atoms with Crippen molar-refractivity contribution in [1.29, 1.82) is 0 Å². The Hall–Kier alpha value is -2.77. The van der Waals surface area contributed by atoms with Crippen molar-refractivity contribution < 1.29 is 19.4 Å². The monoisotopic (exact) mass is 324 g/mol. The van der Waals surface area contributed by atoms with E-state index in [1.807, 2.05) is 6.92 Å². The normalized spacial score (nSPS) is 9.92. The molecular weight excluding hydrogens is 304 g/mol. The van der Waals surface area contributed by atoms with Gasteiger partial charge in [0.05, 0.1) is 19.3 Å². The molecule has 0 bridgehead atoms. The molecule has 0 fully saturated rings. The Balaban J connectivity index is 2.19. The second-order valence-corrected chi connectivity index (χ2v) is 5.21. The summed E-state index contributed by atoms with van der Waals surface area (Å²) in [7, 11) is 1.35. The predicted octanol–water partition coefficient (Wildman–Crippen LogP) is 3.51. The molecule has 0 aliphatic heterocycles. The smallest absolute Gasteiger partial charge is 0.337 e. The van der Waals surface area contributed by atoms with Gasteiger partial charge in [-0.25, -0.2) is 4.79 Å². The number of esters is 1. The maximum atomic E-state index is 11.4. The zero-order valence-electron chi connectivity index (χ0n) is 13.8. The van der Waals surface area contributed by atoms with Crippen LogP contribution in [0.2, 0.25) is 0 Å². The van der Waals surface area contributed by atoms with Crippen LogP contribution >= 0.6 is 0 Å². The first kappa shape index (κ1) is 17.6. The van der Waals surface area contributed by atoms with Gasteiger partial charge in [-0.15, -0.1) is 0 Å². The largest absolute Gasteiger partial charge is 0.508 e. The van der Waals surface area contributed by atoms with Gasteiger partial charge in [-0.2, -0.15) is 0 Å². The lowest BCUT2D eigenvalue weighted by Gasteiger charge is -2.06. The quantitative estimate of drug-likeness (QED) is 0.519. The van der Waals surface area contributed by atoms with Crippen molar-refractivity contribution >= 4 is 5.97 Å². The van der Waals surface area contributed by atoms with Gasteiger partial charge in [0.1, 0.15) is 5.75 Å². The Labute approximate surface area is 142 Å². The Bertz CT molecular complexity index is 751. The molecule has 2 aromatic rings. The highest BCUT2D eigenvalue weighted by Gasteiger charge is 2.04. The van der Waals surface area contributed by atoms with Crippen LogP contribution in [0.25, 0.3) is 0 Å². The molecule has 0 aromatic heterocycles. The summed E-state index contributed by atoms with van der Waals surface area (Å²) in [5, 5.41) is 9.64. The third-order valence-corrected chi connectivity index (χ3v) is 3.34. The minimum Gasteiger partial charge on any atom is -0.508 e. The van der Waals surface area contributed by atoms with Crippen molar-refractivity contribution in [3.05, 3.63) is 64.7 Å². The maximum Gasteiger partial charge on any atom is 0.337 e. The molecule has 1 N–H and O–H groups in total. The fraction of sp³-hybridized carbons (Fsp3) is 0.250. The average Bonchev–Trinajstić information content (AvgIpc) is 2.61. The lowest BCUT2D eigenvalue weighted by molar-refractivity contribution is 0.0600. The third-order valence-electron chi connectivity index (χ3n) is 3.34. The fourth-order valence-corrected chi connectivity index (χ4v) is 2.09. The van der Waals surface area contributed by atoms with Gasteiger partial charge < -0.3 is 14.6 Å². The van der Waals surface area contributed by atoms with E-state index in [0.717, 1.165) is 23.1 Å². The number of phenols is 1. The van der Waals surface area contributed by atoms with Crippen molar-refractivity contribution in [3.8, 4) is 17.6 Å².